The zero-order valence-corrected chi connectivity index (χ0v) is 9.06. The average molecular weight is 210 g/mol. The van der Waals surface area contributed by atoms with Gasteiger partial charge >= 0.3 is 0 Å². The zero-order chi connectivity index (χ0) is 11.4. The number of nitrogens with two attached hydrogens (primary N) is 1. The maximum atomic E-state index is 6.09. The Morgan fingerprint density at radius 1 is 1.31 bits per heavy atom. The van der Waals surface area contributed by atoms with Crippen LogP contribution in [0.25, 0.3) is 10.8 Å². The van der Waals surface area contributed by atoms with Gasteiger partial charge in [-0.3, -0.25) is 4.98 Å². The number of rotatable bonds is 3. The molecule has 1 atom stereocenters. The number of aromatic nitrogens is 1. The van der Waals surface area contributed by atoms with E-state index in [-0.39, 0.29) is 6.04 Å². The van der Waals surface area contributed by atoms with E-state index in [0.29, 0.717) is 6.42 Å². The molecular formula is C14H14N2. The summed E-state index contributed by atoms with van der Waals surface area (Å²) in [7, 11) is 0. The van der Waals surface area contributed by atoms with E-state index in [9.17, 15) is 0 Å². The minimum atomic E-state index is -0.0813. The van der Waals surface area contributed by atoms with Crippen molar-refractivity contribution in [1.29, 1.82) is 0 Å². The van der Waals surface area contributed by atoms with Crippen LogP contribution < -0.4 is 5.73 Å². The highest BCUT2D eigenvalue weighted by atomic mass is 14.8. The molecule has 0 radical (unpaired) electrons. The molecule has 2 N–H and O–H groups in total. The number of benzene rings is 1. The summed E-state index contributed by atoms with van der Waals surface area (Å²) in [5.41, 5.74) is 7.03. The normalized spacial score (nSPS) is 12.2. The first kappa shape index (κ1) is 10.7. The van der Waals surface area contributed by atoms with Gasteiger partial charge in [0.05, 0.1) is 5.69 Å². The van der Waals surface area contributed by atoms with Gasteiger partial charge in [-0.25, -0.2) is 0 Å². The third-order valence-corrected chi connectivity index (χ3v) is 2.66. The summed E-state index contributed by atoms with van der Waals surface area (Å²) in [5.74, 6) is 2.61. The van der Waals surface area contributed by atoms with E-state index in [0.717, 1.165) is 17.5 Å². The fourth-order valence-electron chi connectivity index (χ4n) is 1.81. The molecule has 0 aliphatic heterocycles. The molecule has 1 aromatic heterocycles. The summed E-state index contributed by atoms with van der Waals surface area (Å²) >= 11 is 0. The van der Waals surface area contributed by atoms with Crippen LogP contribution in [0.5, 0.6) is 0 Å². The maximum Gasteiger partial charge on any atom is 0.0649 e. The lowest BCUT2D eigenvalue weighted by molar-refractivity contribution is 0.654. The Kier molecular flexibility index (Phi) is 3.19. The van der Waals surface area contributed by atoms with Crippen molar-refractivity contribution in [1.82, 2.24) is 4.98 Å². The monoisotopic (exact) mass is 210 g/mol. The molecule has 16 heavy (non-hydrogen) atoms. The summed E-state index contributed by atoms with van der Waals surface area (Å²) < 4.78 is 0. The summed E-state index contributed by atoms with van der Waals surface area (Å²) in [6.07, 6.45) is 8.50. The van der Waals surface area contributed by atoms with Crippen LogP contribution in [0.1, 0.15) is 24.6 Å². The summed E-state index contributed by atoms with van der Waals surface area (Å²) in [5, 5.41) is 2.29. The molecule has 0 spiro atoms. The van der Waals surface area contributed by atoms with Crippen molar-refractivity contribution >= 4 is 10.8 Å². The van der Waals surface area contributed by atoms with E-state index >= 15 is 0 Å². The molecule has 2 nitrogen and oxygen atoms in total. The van der Waals surface area contributed by atoms with Gasteiger partial charge in [-0.05, 0) is 17.9 Å². The maximum absolute atomic E-state index is 6.09. The van der Waals surface area contributed by atoms with E-state index in [2.05, 4.69) is 17.0 Å². The third-order valence-electron chi connectivity index (χ3n) is 2.66. The fourth-order valence-corrected chi connectivity index (χ4v) is 1.81. The van der Waals surface area contributed by atoms with Crippen LogP contribution in [0.3, 0.4) is 0 Å². The molecule has 0 saturated heterocycles. The SMILES string of the molecule is C#CCCC(N)c1nccc2ccccc12. The van der Waals surface area contributed by atoms with Gasteiger partial charge in [0, 0.05) is 24.0 Å². The Morgan fingerprint density at radius 2 is 2.12 bits per heavy atom. The van der Waals surface area contributed by atoms with Gasteiger partial charge in [0.25, 0.3) is 0 Å². The predicted octanol–water partition coefficient (Wildman–Crippen LogP) is 2.65. The number of nitrogens with zero attached hydrogens (tertiary/aromatic N) is 1. The first-order valence-corrected chi connectivity index (χ1v) is 5.35. The molecule has 0 bridgehead atoms. The molecule has 2 aromatic rings. The van der Waals surface area contributed by atoms with Crippen molar-refractivity contribution in [2.45, 2.75) is 18.9 Å². The van der Waals surface area contributed by atoms with E-state index in [1.807, 2.05) is 24.3 Å². The van der Waals surface area contributed by atoms with E-state index in [1.165, 1.54) is 5.39 Å². The number of pyridine rings is 1. The molecule has 1 unspecified atom stereocenters. The molecule has 1 aromatic carbocycles. The molecule has 1 heterocycles. The molecule has 0 fully saturated rings. The van der Waals surface area contributed by atoms with E-state index < -0.39 is 0 Å². The molecular weight excluding hydrogens is 196 g/mol. The lowest BCUT2D eigenvalue weighted by Gasteiger charge is -2.11. The van der Waals surface area contributed by atoms with Crippen LogP contribution in [-0.4, -0.2) is 4.98 Å². The van der Waals surface area contributed by atoms with Crippen LogP contribution in [0, 0.1) is 12.3 Å². The van der Waals surface area contributed by atoms with Gasteiger partial charge in [0.1, 0.15) is 0 Å². The molecule has 0 saturated carbocycles. The summed E-state index contributed by atoms with van der Waals surface area (Å²) in [6.45, 7) is 0. The van der Waals surface area contributed by atoms with Crippen LogP contribution >= 0.6 is 0 Å². The van der Waals surface area contributed by atoms with Gasteiger partial charge < -0.3 is 5.73 Å². The Balaban J connectivity index is 2.40. The first-order valence-electron chi connectivity index (χ1n) is 5.35. The molecule has 2 rings (SSSR count). The molecule has 80 valence electrons. The molecule has 2 heteroatoms. The Hall–Kier alpha value is -1.85. The Labute approximate surface area is 95.5 Å². The quantitative estimate of drug-likeness (QED) is 0.791. The predicted molar refractivity (Wildman–Crippen MR) is 66.7 cm³/mol. The van der Waals surface area contributed by atoms with Crippen LogP contribution in [-0.2, 0) is 0 Å². The van der Waals surface area contributed by atoms with Crippen molar-refractivity contribution in [2.24, 2.45) is 5.73 Å². The van der Waals surface area contributed by atoms with E-state index in [4.69, 9.17) is 12.2 Å². The highest BCUT2D eigenvalue weighted by Gasteiger charge is 2.10. The van der Waals surface area contributed by atoms with Gasteiger partial charge in [-0.1, -0.05) is 24.3 Å². The van der Waals surface area contributed by atoms with Crippen LogP contribution in [0.2, 0.25) is 0 Å². The van der Waals surface area contributed by atoms with Gasteiger partial charge in [-0.2, -0.15) is 0 Å². The second kappa shape index (κ2) is 4.78. The standard InChI is InChI=1S/C14H14N2/c1-2-3-8-13(15)14-12-7-5-4-6-11(12)9-10-16-14/h1,4-7,9-10,13H,3,8,15H2. The lowest BCUT2D eigenvalue weighted by Crippen LogP contribution is -2.12. The second-order valence-electron chi connectivity index (χ2n) is 3.77. The smallest absolute Gasteiger partial charge is 0.0649 e. The van der Waals surface area contributed by atoms with E-state index in [1.54, 1.807) is 6.20 Å². The highest BCUT2D eigenvalue weighted by Crippen LogP contribution is 2.22. The minimum absolute atomic E-state index is 0.0813. The molecule has 0 aliphatic carbocycles. The van der Waals surface area contributed by atoms with Crippen LogP contribution in [0.4, 0.5) is 0 Å². The van der Waals surface area contributed by atoms with Gasteiger partial charge in [-0.15, -0.1) is 12.3 Å². The largest absolute Gasteiger partial charge is 0.323 e. The Morgan fingerprint density at radius 3 is 2.94 bits per heavy atom. The topological polar surface area (TPSA) is 38.9 Å². The van der Waals surface area contributed by atoms with Crippen molar-refractivity contribution in [3.8, 4) is 12.3 Å². The van der Waals surface area contributed by atoms with Gasteiger partial charge in [0.15, 0.2) is 0 Å². The van der Waals surface area contributed by atoms with Crippen molar-refractivity contribution in [3.05, 3.63) is 42.2 Å². The summed E-state index contributed by atoms with van der Waals surface area (Å²) in [4.78, 5) is 4.37. The third kappa shape index (κ3) is 2.05. The number of hydrogen-bond acceptors (Lipinski definition) is 2. The summed E-state index contributed by atoms with van der Waals surface area (Å²) in [6, 6.07) is 10.0. The van der Waals surface area contributed by atoms with Crippen LogP contribution in [0.15, 0.2) is 36.5 Å². The van der Waals surface area contributed by atoms with Crippen molar-refractivity contribution in [2.75, 3.05) is 0 Å². The van der Waals surface area contributed by atoms with Crippen molar-refractivity contribution in [3.63, 3.8) is 0 Å². The number of terminal acetylenes is 1. The molecule has 0 amide bonds. The second-order valence-corrected chi connectivity index (χ2v) is 3.77. The Bertz CT molecular complexity index is 520. The first-order chi connectivity index (χ1) is 7.83. The van der Waals surface area contributed by atoms with Gasteiger partial charge in [0.2, 0.25) is 0 Å². The number of fused-ring (bicyclic) bond motifs is 1. The average Bonchev–Trinajstić information content (AvgIpc) is 2.35. The van der Waals surface area contributed by atoms with Crippen molar-refractivity contribution < 1.29 is 0 Å². The minimum Gasteiger partial charge on any atom is -0.323 e. The number of hydrogen-bond donors (Lipinski definition) is 1. The lowest BCUT2D eigenvalue weighted by atomic mass is 10.0. The highest BCUT2D eigenvalue weighted by molar-refractivity contribution is 5.84. The molecule has 0 aliphatic rings. The zero-order valence-electron chi connectivity index (χ0n) is 9.06. The fraction of sp³-hybridized carbons (Fsp3) is 0.214.